The molecule has 3 rings (SSSR count). The van der Waals surface area contributed by atoms with E-state index >= 15 is 0 Å². The second kappa shape index (κ2) is 5.35. The fourth-order valence-electron chi connectivity index (χ4n) is 2.30. The Balaban J connectivity index is 2.27. The van der Waals surface area contributed by atoms with Crippen molar-refractivity contribution in [1.29, 1.82) is 0 Å². The molecule has 1 aliphatic rings. The Morgan fingerprint density at radius 1 is 0.696 bits per heavy atom. The normalized spacial score (nSPS) is 14.0. The molecule has 2 amide bonds. The molecule has 116 valence electrons. The molecule has 0 bridgehead atoms. The predicted molar refractivity (Wildman–Crippen MR) is 73.3 cm³/mol. The van der Waals surface area contributed by atoms with Gasteiger partial charge in [-0.3, -0.25) is 9.59 Å². The first kappa shape index (κ1) is 15.0. The number of hydrogen-bond acceptors (Lipinski definition) is 2. The van der Waals surface area contributed by atoms with Crippen LogP contribution in [-0.2, 0) is 9.59 Å². The summed E-state index contributed by atoms with van der Waals surface area (Å²) in [7, 11) is 0. The van der Waals surface area contributed by atoms with E-state index in [1.165, 1.54) is 24.3 Å². The molecular formula is C16H7F4NO2. The van der Waals surface area contributed by atoms with Crippen LogP contribution in [0, 0.1) is 23.3 Å². The first-order chi connectivity index (χ1) is 10.9. The Bertz CT molecular complexity index is 815. The molecule has 1 heterocycles. The summed E-state index contributed by atoms with van der Waals surface area (Å²) in [6.07, 6.45) is 1.50. The van der Waals surface area contributed by atoms with Crippen molar-refractivity contribution in [1.82, 2.24) is 0 Å². The average molecular weight is 321 g/mol. The Labute approximate surface area is 127 Å². The number of carbonyl (C=O) groups excluding carboxylic acids is 2. The Hall–Kier alpha value is -2.96. The second-order valence-corrected chi connectivity index (χ2v) is 4.69. The van der Waals surface area contributed by atoms with Crippen molar-refractivity contribution < 1.29 is 27.2 Å². The summed E-state index contributed by atoms with van der Waals surface area (Å²) in [5.41, 5.74) is -2.35. The molecule has 0 atom stereocenters. The number of imide groups is 1. The number of benzene rings is 2. The zero-order chi connectivity index (χ0) is 16.7. The third-order valence-electron chi connectivity index (χ3n) is 3.34. The summed E-state index contributed by atoms with van der Waals surface area (Å²) < 4.78 is 57.0. The summed E-state index contributed by atoms with van der Waals surface area (Å²) in [5.74, 6) is -9.16. The quantitative estimate of drug-likeness (QED) is 0.483. The van der Waals surface area contributed by atoms with Gasteiger partial charge in [-0.25, -0.2) is 22.5 Å². The van der Waals surface area contributed by atoms with Crippen LogP contribution in [0.4, 0.5) is 23.2 Å². The maximum Gasteiger partial charge on any atom is 0.258 e. The number of nitrogens with zero attached hydrogens (tertiary/aromatic N) is 1. The molecule has 7 heteroatoms. The summed E-state index contributed by atoms with van der Waals surface area (Å²) >= 11 is 0. The monoisotopic (exact) mass is 321 g/mol. The van der Waals surface area contributed by atoms with E-state index in [1.54, 1.807) is 6.07 Å². The molecular weight excluding hydrogens is 314 g/mol. The summed E-state index contributed by atoms with van der Waals surface area (Å²) in [6, 6.07) is 6.99. The number of carbonyl (C=O) groups is 2. The molecule has 0 aromatic heterocycles. The van der Waals surface area contributed by atoms with Crippen molar-refractivity contribution >= 4 is 17.5 Å². The van der Waals surface area contributed by atoms with Crippen molar-refractivity contribution in [2.24, 2.45) is 0 Å². The molecule has 23 heavy (non-hydrogen) atoms. The predicted octanol–water partition coefficient (Wildman–Crippen LogP) is 3.34. The number of hydrogen-bond donors (Lipinski definition) is 0. The van der Waals surface area contributed by atoms with Gasteiger partial charge in [0.25, 0.3) is 11.8 Å². The third kappa shape index (κ3) is 2.21. The van der Waals surface area contributed by atoms with Gasteiger partial charge in [0.15, 0.2) is 23.3 Å². The molecule has 0 fully saturated rings. The SMILES string of the molecule is O=C1C=CC(=O)N1c1c(F)c(F)c(-c2ccccc2)c(F)c1F. The van der Waals surface area contributed by atoms with Gasteiger partial charge >= 0.3 is 0 Å². The highest BCUT2D eigenvalue weighted by atomic mass is 19.2. The van der Waals surface area contributed by atoms with Crippen LogP contribution in [0.15, 0.2) is 42.5 Å². The highest BCUT2D eigenvalue weighted by Gasteiger charge is 2.35. The minimum Gasteiger partial charge on any atom is -0.269 e. The van der Waals surface area contributed by atoms with Crippen LogP contribution in [0.3, 0.4) is 0 Å². The van der Waals surface area contributed by atoms with Crippen molar-refractivity contribution in [3.63, 3.8) is 0 Å². The molecule has 0 aliphatic carbocycles. The topological polar surface area (TPSA) is 37.4 Å². The Morgan fingerprint density at radius 2 is 1.17 bits per heavy atom. The van der Waals surface area contributed by atoms with Crippen molar-refractivity contribution in [3.05, 3.63) is 65.8 Å². The number of rotatable bonds is 2. The van der Waals surface area contributed by atoms with Crippen LogP contribution in [0.5, 0.6) is 0 Å². The van der Waals surface area contributed by atoms with Gasteiger partial charge in [-0.15, -0.1) is 0 Å². The number of halogens is 4. The summed E-state index contributed by atoms with van der Waals surface area (Å²) in [6.45, 7) is 0. The first-order valence-corrected chi connectivity index (χ1v) is 6.41. The van der Waals surface area contributed by atoms with Gasteiger partial charge in [0.2, 0.25) is 0 Å². The van der Waals surface area contributed by atoms with E-state index in [9.17, 15) is 27.2 Å². The van der Waals surface area contributed by atoms with Gasteiger partial charge in [0.1, 0.15) is 5.69 Å². The largest absolute Gasteiger partial charge is 0.269 e. The fraction of sp³-hybridized carbons (Fsp3) is 0. The van der Waals surface area contributed by atoms with Crippen LogP contribution in [0.25, 0.3) is 11.1 Å². The highest BCUT2D eigenvalue weighted by molar-refractivity contribution is 6.28. The van der Waals surface area contributed by atoms with Crippen LogP contribution >= 0.6 is 0 Å². The third-order valence-corrected chi connectivity index (χ3v) is 3.34. The average Bonchev–Trinajstić information content (AvgIpc) is 2.87. The van der Waals surface area contributed by atoms with Gasteiger partial charge in [-0.05, 0) is 5.56 Å². The Morgan fingerprint density at radius 3 is 1.65 bits per heavy atom. The molecule has 0 spiro atoms. The first-order valence-electron chi connectivity index (χ1n) is 6.41. The van der Waals surface area contributed by atoms with Gasteiger partial charge in [0, 0.05) is 12.2 Å². The standard InChI is InChI=1S/C16H7F4NO2/c17-12-11(8-4-2-1-3-5-8)13(18)15(20)16(14(12)19)21-9(22)6-7-10(21)23/h1-7H. The van der Waals surface area contributed by atoms with Crippen LogP contribution in [0.2, 0.25) is 0 Å². The number of anilines is 1. The van der Waals surface area contributed by atoms with E-state index in [2.05, 4.69) is 0 Å². The minimum absolute atomic E-state index is 0.0472. The van der Waals surface area contributed by atoms with E-state index in [-0.39, 0.29) is 10.5 Å². The molecule has 1 aliphatic heterocycles. The van der Waals surface area contributed by atoms with Gasteiger partial charge in [-0.2, -0.15) is 0 Å². The molecule has 0 N–H and O–H groups in total. The zero-order valence-electron chi connectivity index (χ0n) is 11.3. The van der Waals surface area contributed by atoms with Crippen molar-refractivity contribution in [2.45, 2.75) is 0 Å². The minimum atomic E-state index is -1.81. The van der Waals surface area contributed by atoms with Gasteiger partial charge in [-0.1, -0.05) is 30.3 Å². The lowest BCUT2D eigenvalue weighted by atomic mass is 10.0. The maximum atomic E-state index is 14.2. The van der Waals surface area contributed by atoms with E-state index in [0.717, 1.165) is 12.2 Å². The Kier molecular flexibility index (Phi) is 3.48. The summed E-state index contributed by atoms with van der Waals surface area (Å²) in [4.78, 5) is 23.1. The number of amides is 2. The van der Waals surface area contributed by atoms with E-state index in [0.29, 0.717) is 0 Å². The molecule has 3 nitrogen and oxygen atoms in total. The molecule has 0 saturated carbocycles. The van der Waals surface area contributed by atoms with Crippen LogP contribution in [-0.4, -0.2) is 11.8 Å². The van der Waals surface area contributed by atoms with Crippen molar-refractivity contribution in [2.75, 3.05) is 4.90 Å². The van der Waals surface area contributed by atoms with Crippen LogP contribution in [0.1, 0.15) is 0 Å². The lowest BCUT2D eigenvalue weighted by Crippen LogP contribution is -2.32. The molecule has 2 aromatic rings. The zero-order valence-corrected chi connectivity index (χ0v) is 11.3. The summed E-state index contributed by atoms with van der Waals surface area (Å²) in [5, 5.41) is 0. The lowest BCUT2D eigenvalue weighted by Gasteiger charge is -2.18. The maximum absolute atomic E-state index is 14.2. The van der Waals surface area contributed by atoms with Crippen molar-refractivity contribution in [3.8, 4) is 11.1 Å². The molecule has 0 saturated heterocycles. The second-order valence-electron chi connectivity index (χ2n) is 4.69. The molecule has 0 radical (unpaired) electrons. The van der Waals surface area contributed by atoms with E-state index in [4.69, 9.17) is 0 Å². The van der Waals surface area contributed by atoms with Gasteiger partial charge in [0.05, 0.1) is 5.56 Å². The van der Waals surface area contributed by atoms with Gasteiger partial charge < -0.3 is 0 Å². The lowest BCUT2D eigenvalue weighted by molar-refractivity contribution is -0.120. The van der Waals surface area contributed by atoms with E-state index in [1.807, 2.05) is 0 Å². The fourth-order valence-corrected chi connectivity index (χ4v) is 2.30. The van der Waals surface area contributed by atoms with Crippen LogP contribution < -0.4 is 4.90 Å². The van der Waals surface area contributed by atoms with E-state index < -0.39 is 46.3 Å². The molecule has 0 unspecified atom stereocenters. The molecule has 2 aromatic carbocycles. The smallest absolute Gasteiger partial charge is 0.258 e. The highest BCUT2D eigenvalue weighted by Crippen LogP contribution is 2.37.